The first-order valence-electron chi connectivity index (χ1n) is 6.59. The van der Waals surface area contributed by atoms with Crippen molar-refractivity contribution in [2.24, 2.45) is 0 Å². The standard InChI is InChI=1S/C15H21NO2/c1-4-16-10-15(11-16,14(17)18-5-2)13-8-6-12(3)7-9-13/h6-9H,4-5,10-11H2,1-3H3. The van der Waals surface area contributed by atoms with Gasteiger partial charge in [-0.25, -0.2) is 0 Å². The Morgan fingerprint density at radius 2 is 1.89 bits per heavy atom. The molecule has 1 fully saturated rings. The Bertz CT molecular complexity index is 419. The number of ether oxygens (including phenoxy) is 1. The lowest BCUT2D eigenvalue weighted by atomic mass is 9.73. The summed E-state index contributed by atoms with van der Waals surface area (Å²) in [6, 6.07) is 8.23. The van der Waals surface area contributed by atoms with E-state index in [1.165, 1.54) is 5.56 Å². The molecule has 1 aliphatic heterocycles. The summed E-state index contributed by atoms with van der Waals surface area (Å²) in [6.45, 7) is 8.99. The van der Waals surface area contributed by atoms with Gasteiger partial charge < -0.3 is 9.64 Å². The second-order valence-corrected chi connectivity index (χ2v) is 4.97. The second-order valence-electron chi connectivity index (χ2n) is 4.97. The Kier molecular flexibility index (Phi) is 3.71. The molecule has 98 valence electrons. The van der Waals surface area contributed by atoms with E-state index in [1.807, 2.05) is 6.92 Å². The van der Waals surface area contributed by atoms with Crippen LogP contribution in [0.5, 0.6) is 0 Å². The fraction of sp³-hybridized carbons (Fsp3) is 0.533. The van der Waals surface area contributed by atoms with Crippen LogP contribution in [0.15, 0.2) is 24.3 Å². The number of carbonyl (C=O) groups is 1. The van der Waals surface area contributed by atoms with Crippen LogP contribution in [0.4, 0.5) is 0 Å². The molecule has 0 aliphatic carbocycles. The van der Waals surface area contributed by atoms with E-state index >= 15 is 0 Å². The molecule has 0 bridgehead atoms. The van der Waals surface area contributed by atoms with Crippen LogP contribution >= 0.6 is 0 Å². The monoisotopic (exact) mass is 247 g/mol. The fourth-order valence-electron chi connectivity index (χ4n) is 2.51. The van der Waals surface area contributed by atoms with Gasteiger partial charge >= 0.3 is 5.97 Å². The third kappa shape index (κ3) is 2.15. The molecule has 1 saturated heterocycles. The molecular weight excluding hydrogens is 226 g/mol. The van der Waals surface area contributed by atoms with Gasteiger partial charge in [0.15, 0.2) is 0 Å². The quantitative estimate of drug-likeness (QED) is 0.763. The molecule has 0 aromatic heterocycles. The first-order valence-corrected chi connectivity index (χ1v) is 6.59. The molecule has 3 nitrogen and oxygen atoms in total. The smallest absolute Gasteiger partial charge is 0.319 e. The van der Waals surface area contributed by atoms with E-state index in [9.17, 15) is 4.79 Å². The van der Waals surface area contributed by atoms with Crippen molar-refractivity contribution in [3.8, 4) is 0 Å². The molecule has 18 heavy (non-hydrogen) atoms. The van der Waals surface area contributed by atoms with E-state index in [0.29, 0.717) is 6.61 Å². The van der Waals surface area contributed by atoms with Crippen molar-refractivity contribution in [2.45, 2.75) is 26.2 Å². The Morgan fingerprint density at radius 3 is 2.39 bits per heavy atom. The molecule has 0 atom stereocenters. The molecule has 2 rings (SSSR count). The topological polar surface area (TPSA) is 29.5 Å². The molecule has 3 heteroatoms. The SMILES string of the molecule is CCOC(=O)C1(c2ccc(C)cc2)CN(CC)C1. The lowest BCUT2D eigenvalue weighted by Crippen LogP contribution is -2.63. The molecule has 1 heterocycles. The third-order valence-electron chi connectivity index (χ3n) is 3.70. The van der Waals surface area contributed by atoms with Crippen LogP contribution < -0.4 is 0 Å². The van der Waals surface area contributed by atoms with Crippen molar-refractivity contribution in [2.75, 3.05) is 26.2 Å². The van der Waals surface area contributed by atoms with Gasteiger partial charge in [0.25, 0.3) is 0 Å². The number of likely N-dealkylation sites (N-methyl/N-ethyl adjacent to an activating group) is 1. The van der Waals surface area contributed by atoms with Gasteiger partial charge in [0.05, 0.1) is 6.61 Å². The van der Waals surface area contributed by atoms with Crippen LogP contribution in [-0.2, 0) is 14.9 Å². The number of nitrogens with zero attached hydrogens (tertiary/aromatic N) is 1. The molecule has 0 radical (unpaired) electrons. The van der Waals surface area contributed by atoms with E-state index in [1.54, 1.807) is 0 Å². The van der Waals surface area contributed by atoms with Gasteiger partial charge in [-0.3, -0.25) is 4.79 Å². The highest BCUT2D eigenvalue weighted by Gasteiger charge is 2.51. The van der Waals surface area contributed by atoms with Gasteiger partial charge in [0, 0.05) is 13.1 Å². The minimum absolute atomic E-state index is 0.0847. The normalized spacial score (nSPS) is 18.2. The fourth-order valence-corrected chi connectivity index (χ4v) is 2.51. The van der Waals surface area contributed by atoms with E-state index in [0.717, 1.165) is 25.2 Å². The molecular formula is C15H21NO2. The molecule has 1 aromatic carbocycles. The summed E-state index contributed by atoms with van der Waals surface area (Å²) in [6.07, 6.45) is 0. The van der Waals surface area contributed by atoms with Crippen LogP contribution in [0.25, 0.3) is 0 Å². The predicted molar refractivity (Wildman–Crippen MR) is 71.6 cm³/mol. The highest BCUT2D eigenvalue weighted by molar-refractivity contribution is 5.85. The highest BCUT2D eigenvalue weighted by atomic mass is 16.5. The van der Waals surface area contributed by atoms with E-state index in [2.05, 4.69) is 43.0 Å². The lowest BCUT2D eigenvalue weighted by molar-refractivity contribution is -0.157. The van der Waals surface area contributed by atoms with E-state index < -0.39 is 5.41 Å². The van der Waals surface area contributed by atoms with Gasteiger partial charge in [0.2, 0.25) is 0 Å². The zero-order chi connectivity index (χ0) is 13.2. The van der Waals surface area contributed by atoms with Crippen molar-refractivity contribution in [1.82, 2.24) is 4.90 Å². The number of hydrogen-bond acceptors (Lipinski definition) is 3. The van der Waals surface area contributed by atoms with Crippen LogP contribution in [0.1, 0.15) is 25.0 Å². The average Bonchev–Trinajstić information content (AvgIpc) is 2.31. The first-order chi connectivity index (χ1) is 8.62. The van der Waals surface area contributed by atoms with Crippen molar-refractivity contribution in [3.63, 3.8) is 0 Å². The average molecular weight is 247 g/mol. The first kappa shape index (κ1) is 13.1. The maximum Gasteiger partial charge on any atom is 0.319 e. The summed E-state index contributed by atoms with van der Waals surface area (Å²) >= 11 is 0. The van der Waals surface area contributed by atoms with Gasteiger partial charge in [-0.05, 0) is 26.0 Å². The Balaban J connectivity index is 2.26. The zero-order valence-corrected chi connectivity index (χ0v) is 11.4. The number of rotatable bonds is 4. The number of hydrogen-bond donors (Lipinski definition) is 0. The number of aryl methyl sites for hydroxylation is 1. The molecule has 0 amide bonds. The van der Waals surface area contributed by atoms with Crippen molar-refractivity contribution in [3.05, 3.63) is 35.4 Å². The van der Waals surface area contributed by atoms with Crippen molar-refractivity contribution in [1.29, 1.82) is 0 Å². The van der Waals surface area contributed by atoms with Crippen LogP contribution in [0, 0.1) is 6.92 Å². The lowest BCUT2D eigenvalue weighted by Gasteiger charge is -2.48. The Labute approximate surface area is 109 Å². The van der Waals surface area contributed by atoms with Crippen molar-refractivity contribution >= 4 is 5.97 Å². The summed E-state index contributed by atoms with van der Waals surface area (Å²) in [5.41, 5.74) is 1.85. The summed E-state index contributed by atoms with van der Waals surface area (Å²) in [5.74, 6) is -0.0847. The maximum atomic E-state index is 12.2. The third-order valence-corrected chi connectivity index (χ3v) is 3.70. The van der Waals surface area contributed by atoms with Gasteiger partial charge in [-0.1, -0.05) is 36.8 Å². The maximum absolute atomic E-state index is 12.2. The number of carbonyl (C=O) groups excluding carboxylic acids is 1. The van der Waals surface area contributed by atoms with Gasteiger partial charge in [0.1, 0.15) is 5.41 Å². The number of likely N-dealkylation sites (tertiary alicyclic amines) is 1. The summed E-state index contributed by atoms with van der Waals surface area (Å²) < 4.78 is 5.26. The molecule has 0 spiro atoms. The Morgan fingerprint density at radius 1 is 1.28 bits per heavy atom. The van der Waals surface area contributed by atoms with Crippen LogP contribution in [-0.4, -0.2) is 37.1 Å². The van der Waals surface area contributed by atoms with Gasteiger partial charge in [-0.2, -0.15) is 0 Å². The highest BCUT2D eigenvalue weighted by Crippen LogP contribution is 2.35. The molecule has 0 N–H and O–H groups in total. The summed E-state index contributed by atoms with van der Waals surface area (Å²) in [5, 5.41) is 0. The zero-order valence-electron chi connectivity index (χ0n) is 11.4. The van der Waals surface area contributed by atoms with Crippen molar-refractivity contribution < 1.29 is 9.53 Å². The summed E-state index contributed by atoms with van der Waals surface area (Å²) in [4.78, 5) is 14.5. The predicted octanol–water partition coefficient (Wildman–Crippen LogP) is 2.13. The van der Waals surface area contributed by atoms with E-state index in [4.69, 9.17) is 4.74 Å². The Hall–Kier alpha value is -1.35. The molecule has 1 aliphatic rings. The van der Waals surface area contributed by atoms with Crippen LogP contribution in [0.3, 0.4) is 0 Å². The molecule has 0 saturated carbocycles. The number of benzene rings is 1. The minimum atomic E-state index is -0.445. The van der Waals surface area contributed by atoms with Crippen LogP contribution in [0.2, 0.25) is 0 Å². The van der Waals surface area contributed by atoms with E-state index in [-0.39, 0.29) is 5.97 Å². The largest absolute Gasteiger partial charge is 0.465 e. The summed E-state index contributed by atoms with van der Waals surface area (Å²) in [7, 11) is 0. The minimum Gasteiger partial charge on any atom is -0.465 e. The number of esters is 1. The molecule has 0 unspecified atom stereocenters. The van der Waals surface area contributed by atoms with Gasteiger partial charge in [-0.15, -0.1) is 0 Å². The second kappa shape index (κ2) is 5.11. The molecule has 1 aromatic rings.